The first-order chi connectivity index (χ1) is 12.1. The van der Waals surface area contributed by atoms with Gasteiger partial charge in [0.1, 0.15) is 6.61 Å². The van der Waals surface area contributed by atoms with E-state index < -0.39 is 0 Å². The zero-order valence-corrected chi connectivity index (χ0v) is 17.1. The first-order valence-electron chi connectivity index (χ1n) is 7.66. The highest BCUT2D eigenvalue weighted by Crippen LogP contribution is 2.28. The van der Waals surface area contributed by atoms with E-state index in [2.05, 4.69) is 40.0 Å². The summed E-state index contributed by atoms with van der Waals surface area (Å²) >= 11 is 6.99. The van der Waals surface area contributed by atoms with Gasteiger partial charge in [-0.15, -0.1) is 11.3 Å². The molecule has 0 atom stereocenters. The van der Waals surface area contributed by atoms with Crippen LogP contribution in [0.4, 0.5) is 0 Å². The van der Waals surface area contributed by atoms with Crippen molar-refractivity contribution in [3.05, 3.63) is 57.2 Å². The Hall–Kier alpha value is -1.44. The van der Waals surface area contributed by atoms with Crippen molar-refractivity contribution in [3.8, 4) is 11.5 Å². The van der Waals surface area contributed by atoms with E-state index in [1.807, 2.05) is 0 Å². The zero-order valence-electron chi connectivity index (χ0n) is 13.9. The SMILES string of the molecule is C=CCOc1ccc(C(=O)NCCSCc2ccc(Br)s2)cc1OC. The second kappa shape index (κ2) is 10.5. The molecule has 0 radical (unpaired) electrons. The lowest BCUT2D eigenvalue weighted by Gasteiger charge is -2.11. The van der Waals surface area contributed by atoms with Crippen LogP contribution in [0.3, 0.4) is 0 Å². The molecule has 0 aliphatic heterocycles. The van der Waals surface area contributed by atoms with Gasteiger partial charge in [0.05, 0.1) is 10.9 Å². The summed E-state index contributed by atoms with van der Waals surface area (Å²) in [6, 6.07) is 9.32. The van der Waals surface area contributed by atoms with Gasteiger partial charge in [-0.2, -0.15) is 11.8 Å². The van der Waals surface area contributed by atoms with Gasteiger partial charge >= 0.3 is 0 Å². The molecule has 1 aromatic heterocycles. The second-order valence-electron chi connectivity index (χ2n) is 4.98. The summed E-state index contributed by atoms with van der Waals surface area (Å²) < 4.78 is 11.9. The summed E-state index contributed by atoms with van der Waals surface area (Å²) in [7, 11) is 1.55. The maximum absolute atomic E-state index is 12.2. The maximum atomic E-state index is 12.2. The lowest BCUT2D eigenvalue weighted by molar-refractivity contribution is 0.0955. The van der Waals surface area contributed by atoms with Crippen LogP contribution in [0.15, 0.2) is 46.8 Å². The number of carbonyl (C=O) groups excluding carboxylic acids is 1. The van der Waals surface area contributed by atoms with Crippen molar-refractivity contribution in [2.45, 2.75) is 5.75 Å². The first kappa shape index (κ1) is 19.9. The van der Waals surface area contributed by atoms with Crippen molar-refractivity contribution < 1.29 is 14.3 Å². The van der Waals surface area contributed by atoms with Gasteiger partial charge in [-0.25, -0.2) is 0 Å². The largest absolute Gasteiger partial charge is 0.493 e. The number of hydrogen-bond acceptors (Lipinski definition) is 5. The average Bonchev–Trinajstić information content (AvgIpc) is 3.04. The summed E-state index contributed by atoms with van der Waals surface area (Å²) in [4.78, 5) is 13.6. The van der Waals surface area contributed by atoms with Crippen molar-refractivity contribution in [2.75, 3.05) is 26.0 Å². The van der Waals surface area contributed by atoms with E-state index in [-0.39, 0.29) is 5.91 Å². The highest BCUT2D eigenvalue weighted by molar-refractivity contribution is 9.11. The molecular formula is C18H20BrNO3S2. The number of hydrogen-bond donors (Lipinski definition) is 1. The first-order valence-corrected chi connectivity index (χ1v) is 10.4. The van der Waals surface area contributed by atoms with Gasteiger partial charge in [0, 0.05) is 28.5 Å². The highest BCUT2D eigenvalue weighted by atomic mass is 79.9. The molecule has 0 bridgehead atoms. The number of thioether (sulfide) groups is 1. The summed E-state index contributed by atoms with van der Waals surface area (Å²) in [6.45, 7) is 4.62. The number of benzene rings is 1. The van der Waals surface area contributed by atoms with Gasteiger partial charge in [0.15, 0.2) is 11.5 Å². The number of carbonyl (C=O) groups is 1. The smallest absolute Gasteiger partial charge is 0.251 e. The van der Waals surface area contributed by atoms with Gasteiger partial charge in [0.25, 0.3) is 5.91 Å². The molecule has 0 fully saturated rings. The molecule has 0 saturated carbocycles. The molecule has 0 aliphatic rings. The van der Waals surface area contributed by atoms with Crippen LogP contribution in [0.1, 0.15) is 15.2 Å². The fourth-order valence-electron chi connectivity index (χ4n) is 2.02. The third-order valence-corrected chi connectivity index (χ3v) is 6.00. The fraction of sp³-hybridized carbons (Fsp3) is 0.278. The molecule has 0 saturated heterocycles. The molecule has 1 N–H and O–H groups in total. The van der Waals surface area contributed by atoms with Crippen LogP contribution in [-0.4, -0.2) is 31.9 Å². The van der Waals surface area contributed by atoms with Crippen molar-refractivity contribution >= 4 is 44.9 Å². The number of thiophene rings is 1. The summed E-state index contributed by atoms with van der Waals surface area (Å²) in [6.07, 6.45) is 1.66. The van der Waals surface area contributed by atoms with Gasteiger partial charge < -0.3 is 14.8 Å². The van der Waals surface area contributed by atoms with Crippen molar-refractivity contribution in [2.24, 2.45) is 0 Å². The van der Waals surface area contributed by atoms with Gasteiger partial charge in [-0.1, -0.05) is 12.7 Å². The Kier molecular flexibility index (Phi) is 8.37. The Labute approximate surface area is 164 Å². The Morgan fingerprint density at radius 3 is 2.88 bits per heavy atom. The number of ether oxygens (including phenoxy) is 2. The molecule has 1 amide bonds. The van der Waals surface area contributed by atoms with E-state index in [4.69, 9.17) is 9.47 Å². The second-order valence-corrected chi connectivity index (χ2v) is 8.63. The average molecular weight is 442 g/mol. The molecule has 1 aromatic carbocycles. The van der Waals surface area contributed by atoms with Crippen LogP contribution in [0.5, 0.6) is 11.5 Å². The molecule has 1 heterocycles. The minimum absolute atomic E-state index is 0.118. The minimum atomic E-state index is -0.118. The van der Waals surface area contributed by atoms with E-state index >= 15 is 0 Å². The molecule has 2 aromatic rings. The third kappa shape index (κ3) is 6.41. The van der Waals surface area contributed by atoms with Crippen LogP contribution >= 0.6 is 39.0 Å². The van der Waals surface area contributed by atoms with Gasteiger partial charge in [-0.05, 0) is 46.3 Å². The molecule has 4 nitrogen and oxygen atoms in total. The van der Waals surface area contributed by atoms with E-state index in [1.165, 1.54) is 4.88 Å². The Morgan fingerprint density at radius 1 is 1.36 bits per heavy atom. The quantitative estimate of drug-likeness (QED) is 0.426. The number of nitrogens with one attached hydrogen (secondary N) is 1. The third-order valence-electron chi connectivity index (χ3n) is 3.19. The number of methoxy groups -OCH3 is 1. The van der Waals surface area contributed by atoms with E-state index in [0.717, 1.165) is 15.3 Å². The molecule has 0 spiro atoms. The van der Waals surface area contributed by atoms with Crippen LogP contribution in [0.25, 0.3) is 0 Å². The van der Waals surface area contributed by atoms with Crippen molar-refractivity contribution in [3.63, 3.8) is 0 Å². The predicted molar refractivity (Wildman–Crippen MR) is 109 cm³/mol. The van der Waals surface area contributed by atoms with E-state index in [9.17, 15) is 4.79 Å². The Balaban J connectivity index is 1.78. The lowest BCUT2D eigenvalue weighted by atomic mass is 10.2. The van der Waals surface area contributed by atoms with Crippen molar-refractivity contribution in [1.29, 1.82) is 0 Å². The standard InChI is InChI=1S/C18H20BrNO3S2/c1-3-9-23-15-6-4-13(11-16(15)22-2)18(21)20-8-10-24-12-14-5-7-17(19)25-14/h3-7,11H,1,8-10,12H2,2H3,(H,20,21). The fourth-order valence-corrected chi connectivity index (χ4v) is 4.47. The zero-order chi connectivity index (χ0) is 18.1. The lowest BCUT2D eigenvalue weighted by Crippen LogP contribution is -2.25. The van der Waals surface area contributed by atoms with E-state index in [1.54, 1.807) is 54.5 Å². The Morgan fingerprint density at radius 2 is 2.20 bits per heavy atom. The summed E-state index contributed by atoms with van der Waals surface area (Å²) in [5.74, 6) is 2.82. The minimum Gasteiger partial charge on any atom is -0.493 e. The number of halogens is 1. The summed E-state index contributed by atoms with van der Waals surface area (Å²) in [5.41, 5.74) is 0.551. The van der Waals surface area contributed by atoms with E-state index in [0.29, 0.717) is 30.2 Å². The number of rotatable bonds is 10. The van der Waals surface area contributed by atoms with Crippen molar-refractivity contribution in [1.82, 2.24) is 5.32 Å². The molecule has 0 unspecified atom stereocenters. The molecule has 25 heavy (non-hydrogen) atoms. The molecular weight excluding hydrogens is 422 g/mol. The van der Waals surface area contributed by atoms with Crippen LogP contribution in [0, 0.1) is 0 Å². The Bertz CT molecular complexity index is 718. The predicted octanol–water partition coefficient (Wildman–Crippen LogP) is 4.75. The molecule has 134 valence electrons. The summed E-state index contributed by atoms with van der Waals surface area (Å²) in [5, 5.41) is 2.93. The van der Waals surface area contributed by atoms with Crippen LogP contribution in [0.2, 0.25) is 0 Å². The van der Waals surface area contributed by atoms with Gasteiger partial charge in [-0.3, -0.25) is 4.79 Å². The van der Waals surface area contributed by atoms with Gasteiger partial charge in [0.2, 0.25) is 0 Å². The molecule has 7 heteroatoms. The monoisotopic (exact) mass is 441 g/mol. The van der Waals surface area contributed by atoms with Crippen LogP contribution in [-0.2, 0) is 5.75 Å². The van der Waals surface area contributed by atoms with Crippen LogP contribution < -0.4 is 14.8 Å². The normalized spacial score (nSPS) is 10.3. The number of amides is 1. The molecule has 2 rings (SSSR count). The molecule has 0 aliphatic carbocycles. The maximum Gasteiger partial charge on any atom is 0.251 e. The highest BCUT2D eigenvalue weighted by Gasteiger charge is 2.10. The topological polar surface area (TPSA) is 47.6 Å².